The lowest BCUT2D eigenvalue weighted by Crippen LogP contribution is -2.29. The Morgan fingerprint density at radius 1 is 1.35 bits per heavy atom. The van der Waals surface area contributed by atoms with E-state index in [9.17, 15) is 9.59 Å². The van der Waals surface area contributed by atoms with Gasteiger partial charge in [0, 0.05) is 25.4 Å². The molecule has 2 aromatic rings. The smallest absolute Gasteiger partial charge is 0.261 e. The van der Waals surface area contributed by atoms with Gasteiger partial charge in [0.2, 0.25) is 5.91 Å². The zero-order chi connectivity index (χ0) is 16.4. The number of aryl methyl sites for hydroxylation is 1. The molecule has 1 aliphatic carbocycles. The molecular formula is C18H23N3O2. The van der Waals surface area contributed by atoms with Crippen LogP contribution >= 0.6 is 0 Å². The minimum atomic E-state index is 0.0171. The molecule has 0 atom stereocenters. The molecule has 122 valence electrons. The second kappa shape index (κ2) is 6.52. The number of nitrogens with one attached hydrogen (secondary N) is 1. The van der Waals surface area contributed by atoms with Gasteiger partial charge in [-0.05, 0) is 30.9 Å². The van der Waals surface area contributed by atoms with Crippen molar-refractivity contribution in [1.29, 1.82) is 0 Å². The summed E-state index contributed by atoms with van der Waals surface area (Å²) in [5.74, 6) is 1.18. The van der Waals surface area contributed by atoms with Crippen LogP contribution in [0.5, 0.6) is 0 Å². The molecule has 0 aliphatic heterocycles. The van der Waals surface area contributed by atoms with Gasteiger partial charge in [0.05, 0.1) is 10.9 Å². The molecule has 1 fully saturated rings. The molecule has 0 saturated heterocycles. The van der Waals surface area contributed by atoms with Gasteiger partial charge in [0.15, 0.2) is 0 Å². The molecule has 1 heterocycles. The fourth-order valence-electron chi connectivity index (χ4n) is 2.71. The van der Waals surface area contributed by atoms with Crippen LogP contribution in [0.15, 0.2) is 29.1 Å². The first-order valence-electron chi connectivity index (χ1n) is 8.33. The predicted molar refractivity (Wildman–Crippen MR) is 90.4 cm³/mol. The molecule has 5 heteroatoms. The van der Waals surface area contributed by atoms with Crippen LogP contribution in [0, 0.1) is 5.92 Å². The Kier molecular flexibility index (Phi) is 4.46. The molecule has 0 radical (unpaired) electrons. The van der Waals surface area contributed by atoms with Gasteiger partial charge >= 0.3 is 0 Å². The van der Waals surface area contributed by atoms with E-state index in [4.69, 9.17) is 0 Å². The second-order valence-electron chi connectivity index (χ2n) is 6.65. The van der Waals surface area contributed by atoms with Crippen LogP contribution in [-0.2, 0) is 11.2 Å². The van der Waals surface area contributed by atoms with Crippen molar-refractivity contribution in [2.75, 3.05) is 6.54 Å². The van der Waals surface area contributed by atoms with Crippen molar-refractivity contribution in [2.24, 2.45) is 5.92 Å². The van der Waals surface area contributed by atoms with E-state index in [0.717, 1.165) is 18.7 Å². The molecule has 23 heavy (non-hydrogen) atoms. The summed E-state index contributed by atoms with van der Waals surface area (Å²) in [5, 5.41) is 3.57. The fourth-order valence-corrected chi connectivity index (χ4v) is 2.71. The molecule has 5 nitrogen and oxygen atoms in total. The number of hydrogen-bond acceptors (Lipinski definition) is 3. The van der Waals surface area contributed by atoms with Crippen LogP contribution in [0.3, 0.4) is 0 Å². The van der Waals surface area contributed by atoms with Gasteiger partial charge in [0.25, 0.3) is 5.56 Å². The summed E-state index contributed by atoms with van der Waals surface area (Å²) < 4.78 is 1.80. The minimum Gasteiger partial charge on any atom is -0.356 e. The second-order valence-corrected chi connectivity index (χ2v) is 6.65. The maximum Gasteiger partial charge on any atom is 0.261 e. The number of para-hydroxylation sites is 1. The van der Waals surface area contributed by atoms with E-state index < -0.39 is 0 Å². The van der Waals surface area contributed by atoms with Crippen molar-refractivity contribution >= 4 is 16.8 Å². The van der Waals surface area contributed by atoms with Crippen molar-refractivity contribution in [3.63, 3.8) is 0 Å². The van der Waals surface area contributed by atoms with Gasteiger partial charge in [-0.15, -0.1) is 0 Å². The van der Waals surface area contributed by atoms with Crippen molar-refractivity contribution in [3.8, 4) is 0 Å². The maximum absolute atomic E-state index is 12.7. The molecule has 1 N–H and O–H groups in total. The highest BCUT2D eigenvalue weighted by atomic mass is 16.1. The summed E-state index contributed by atoms with van der Waals surface area (Å²) in [6, 6.07) is 7.68. The van der Waals surface area contributed by atoms with Gasteiger partial charge in [-0.2, -0.15) is 0 Å². The van der Waals surface area contributed by atoms with Crippen molar-refractivity contribution < 1.29 is 4.79 Å². The number of rotatable bonds is 6. The first-order chi connectivity index (χ1) is 11.1. The third-order valence-corrected chi connectivity index (χ3v) is 4.08. The third-order valence-electron chi connectivity index (χ3n) is 4.08. The number of carbonyl (C=O) groups excluding carboxylic acids is 1. The van der Waals surface area contributed by atoms with Gasteiger partial charge < -0.3 is 5.32 Å². The van der Waals surface area contributed by atoms with Crippen LogP contribution in [0.4, 0.5) is 0 Å². The van der Waals surface area contributed by atoms with Gasteiger partial charge in [-0.3, -0.25) is 14.2 Å². The number of amides is 1. The Hall–Kier alpha value is -2.17. The first kappa shape index (κ1) is 15.7. The average molecular weight is 313 g/mol. The summed E-state index contributed by atoms with van der Waals surface area (Å²) in [5.41, 5.74) is 0.739. The molecule has 0 unspecified atom stereocenters. The van der Waals surface area contributed by atoms with Crippen LogP contribution < -0.4 is 10.9 Å². The fraction of sp³-hybridized carbons (Fsp3) is 0.500. The zero-order valence-corrected chi connectivity index (χ0v) is 13.7. The zero-order valence-electron chi connectivity index (χ0n) is 13.7. The van der Waals surface area contributed by atoms with Crippen molar-refractivity contribution in [3.05, 3.63) is 40.4 Å². The van der Waals surface area contributed by atoms with Crippen LogP contribution in [0.25, 0.3) is 10.9 Å². The lowest BCUT2D eigenvalue weighted by atomic mass is 10.2. The topological polar surface area (TPSA) is 64.0 Å². The van der Waals surface area contributed by atoms with E-state index in [1.54, 1.807) is 4.57 Å². The molecule has 0 spiro atoms. The minimum absolute atomic E-state index is 0.0171. The molecule has 1 saturated carbocycles. The molecule has 1 aliphatic rings. The molecule has 1 amide bonds. The lowest BCUT2D eigenvalue weighted by molar-refractivity contribution is -0.121. The quantitative estimate of drug-likeness (QED) is 0.891. The SMILES string of the molecule is CC(C)CNC(=O)CCc1nc2ccccc2c(=O)n1C1CC1. The van der Waals surface area contributed by atoms with Crippen molar-refractivity contribution in [2.45, 2.75) is 45.6 Å². The number of fused-ring (bicyclic) bond motifs is 1. The number of aromatic nitrogens is 2. The van der Waals surface area contributed by atoms with Crippen LogP contribution in [-0.4, -0.2) is 22.0 Å². The summed E-state index contributed by atoms with van der Waals surface area (Å²) in [6.45, 7) is 4.81. The highest BCUT2D eigenvalue weighted by Crippen LogP contribution is 2.34. The lowest BCUT2D eigenvalue weighted by Gasteiger charge is -2.13. The van der Waals surface area contributed by atoms with Gasteiger partial charge in [-0.1, -0.05) is 26.0 Å². The Bertz CT molecular complexity index is 775. The summed E-state index contributed by atoms with van der Waals surface area (Å²) >= 11 is 0. The Morgan fingerprint density at radius 3 is 2.78 bits per heavy atom. The number of carbonyl (C=O) groups is 1. The van der Waals surface area contributed by atoms with E-state index in [-0.39, 0.29) is 17.5 Å². The van der Waals surface area contributed by atoms with Gasteiger partial charge in [-0.25, -0.2) is 4.98 Å². The normalized spacial score (nSPS) is 14.4. The largest absolute Gasteiger partial charge is 0.356 e. The summed E-state index contributed by atoms with van der Waals surface area (Å²) in [6.07, 6.45) is 2.91. The highest BCUT2D eigenvalue weighted by Gasteiger charge is 2.28. The van der Waals surface area contributed by atoms with E-state index in [0.29, 0.717) is 36.2 Å². The van der Waals surface area contributed by atoms with E-state index >= 15 is 0 Å². The van der Waals surface area contributed by atoms with E-state index in [1.165, 1.54) is 0 Å². The predicted octanol–water partition coefficient (Wildman–Crippen LogP) is 2.44. The molecular weight excluding hydrogens is 290 g/mol. The van der Waals surface area contributed by atoms with E-state index in [2.05, 4.69) is 24.1 Å². The molecule has 1 aromatic heterocycles. The molecule has 0 bridgehead atoms. The standard InChI is InChI=1S/C18H23N3O2/c1-12(2)11-19-17(22)10-9-16-20-15-6-4-3-5-14(15)18(23)21(16)13-7-8-13/h3-6,12-13H,7-11H2,1-2H3,(H,19,22). The maximum atomic E-state index is 12.7. The highest BCUT2D eigenvalue weighted by molar-refractivity contribution is 5.78. The summed E-state index contributed by atoms with van der Waals surface area (Å²) in [4.78, 5) is 29.3. The Balaban J connectivity index is 1.83. The molecule has 1 aromatic carbocycles. The van der Waals surface area contributed by atoms with E-state index in [1.807, 2.05) is 24.3 Å². The van der Waals surface area contributed by atoms with Crippen molar-refractivity contribution in [1.82, 2.24) is 14.9 Å². The number of benzene rings is 1. The average Bonchev–Trinajstić information content (AvgIpc) is 3.35. The summed E-state index contributed by atoms with van der Waals surface area (Å²) in [7, 11) is 0. The Morgan fingerprint density at radius 2 is 2.09 bits per heavy atom. The molecule has 3 rings (SSSR count). The third kappa shape index (κ3) is 3.60. The van der Waals surface area contributed by atoms with Crippen LogP contribution in [0.2, 0.25) is 0 Å². The van der Waals surface area contributed by atoms with Crippen LogP contribution in [0.1, 0.15) is 45.0 Å². The number of nitrogens with zero attached hydrogens (tertiary/aromatic N) is 2. The first-order valence-corrected chi connectivity index (χ1v) is 8.33. The van der Waals surface area contributed by atoms with Gasteiger partial charge in [0.1, 0.15) is 5.82 Å². The monoisotopic (exact) mass is 313 g/mol. The number of hydrogen-bond donors (Lipinski definition) is 1. The Labute approximate surface area is 135 Å².